The van der Waals surface area contributed by atoms with Crippen molar-refractivity contribution in [2.45, 2.75) is 19.4 Å². The number of rotatable bonds is 5. The van der Waals surface area contributed by atoms with Crippen molar-refractivity contribution in [2.75, 3.05) is 13.7 Å². The van der Waals surface area contributed by atoms with Gasteiger partial charge in [-0.05, 0) is 31.0 Å². The Balaban J connectivity index is 2.40. The van der Waals surface area contributed by atoms with E-state index in [0.717, 1.165) is 17.7 Å². The largest absolute Gasteiger partial charge is 0.497 e. The van der Waals surface area contributed by atoms with Gasteiger partial charge in [-0.25, -0.2) is 0 Å². The summed E-state index contributed by atoms with van der Waals surface area (Å²) in [4.78, 5) is 11.2. The maximum Gasteiger partial charge on any atom is 0.236 e. The molecule has 0 aliphatic rings. The maximum absolute atomic E-state index is 11.2. The average molecular weight is 222 g/mol. The summed E-state index contributed by atoms with van der Waals surface area (Å²) < 4.78 is 5.11. The van der Waals surface area contributed by atoms with Crippen molar-refractivity contribution in [2.24, 2.45) is 5.73 Å². The van der Waals surface area contributed by atoms with Crippen LogP contribution in [-0.4, -0.2) is 25.6 Å². The first-order chi connectivity index (χ1) is 7.63. The van der Waals surface area contributed by atoms with Gasteiger partial charge in [-0.15, -0.1) is 0 Å². The number of nitrogens with two attached hydrogens (primary N) is 1. The minimum atomic E-state index is -0.453. The Kier molecular flexibility index (Phi) is 4.79. The molecule has 4 heteroatoms. The lowest BCUT2D eigenvalue weighted by Gasteiger charge is -2.08. The molecule has 1 amide bonds. The number of amides is 1. The predicted octanol–water partition coefficient (Wildman–Crippen LogP) is 0.701. The lowest BCUT2D eigenvalue weighted by Crippen LogP contribution is -2.39. The smallest absolute Gasteiger partial charge is 0.236 e. The second-order valence-electron chi connectivity index (χ2n) is 3.68. The summed E-state index contributed by atoms with van der Waals surface area (Å²) in [6.45, 7) is 2.26. The molecule has 1 aromatic carbocycles. The Morgan fingerprint density at radius 3 is 2.94 bits per heavy atom. The molecule has 1 rings (SSSR count). The number of carbonyl (C=O) groups excluding carboxylic acids is 1. The van der Waals surface area contributed by atoms with E-state index < -0.39 is 6.04 Å². The van der Waals surface area contributed by atoms with Crippen LogP contribution >= 0.6 is 0 Å². The first-order valence-electron chi connectivity index (χ1n) is 5.29. The number of ether oxygens (including phenoxy) is 1. The van der Waals surface area contributed by atoms with Crippen molar-refractivity contribution < 1.29 is 9.53 Å². The molecule has 1 aromatic rings. The maximum atomic E-state index is 11.2. The van der Waals surface area contributed by atoms with Gasteiger partial charge in [0.1, 0.15) is 5.75 Å². The van der Waals surface area contributed by atoms with Crippen LogP contribution in [0.5, 0.6) is 5.75 Å². The molecule has 0 fully saturated rings. The van der Waals surface area contributed by atoms with Crippen LogP contribution in [0.1, 0.15) is 12.5 Å². The van der Waals surface area contributed by atoms with Crippen LogP contribution in [0.4, 0.5) is 0 Å². The monoisotopic (exact) mass is 222 g/mol. The Morgan fingerprint density at radius 1 is 1.56 bits per heavy atom. The molecule has 0 aliphatic carbocycles. The van der Waals surface area contributed by atoms with Crippen molar-refractivity contribution in [3.05, 3.63) is 29.8 Å². The van der Waals surface area contributed by atoms with Crippen LogP contribution in [0.2, 0.25) is 0 Å². The minimum absolute atomic E-state index is 0.122. The molecule has 0 heterocycles. The molecule has 0 aromatic heterocycles. The van der Waals surface area contributed by atoms with Gasteiger partial charge in [0.15, 0.2) is 0 Å². The molecule has 0 spiro atoms. The highest BCUT2D eigenvalue weighted by Gasteiger charge is 2.05. The summed E-state index contributed by atoms with van der Waals surface area (Å²) in [7, 11) is 1.64. The van der Waals surface area contributed by atoms with Crippen molar-refractivity contribution in [3.8, 4) is 5.75 Å². The van der Waals surface area contributed by atoms with E-state index in [1.54, 1.807) is 14.0 Å². The molecule has 1 atom stereocenters. The fraction of sp³-hybridized carbons (Fsp3) is 0.417. The normalized spacial score (nSPS) is 11.9. The number of hydrogen-bond acceptors (Lipinski definition) is 3. The van der Waals surface area contributed by atoms with E-state index >= 15 is 0 Å². The summed E-state index contributed by atoms with van der Waals surface area (Å²) in [6.07, 6.45) is 0.773. The molecular weight excluding hydrogens is 204 g/mol. The van der Waals surface area contributed by atoms with Gasteiger partial charge in [0.2, 0.25) is 5.91 Å². The van der Waals surface area contributed by atoms with E-state index in [1.807, 2.05) is 24.3 Å². The first-order valence-corrected chi connectivity index (χ1v) is 5.29. The molecular formula is C12H18N2O2. The number of hydrogen-bond donors (Lipinski definition) is 2. The van der Waals surface area contributed by atoms with Gasteiger partial charge in [0, 0.05) is 6.54 Å². The number of nitrogens with one attached hydrogen (secondary N) is 1. The third-order valence-corrected chi connectivity index (χ3v) is 2.26. The Bertz CT molecular complexity index is 351. The van der Waals surface area contributed by atoms with E-state index in [1.165, 1.54) is 0 Å². The Labute approximate surface area is 95.8 Å². The molecule has 0 aliphatic heterocycles. The highest BCUT2D eigenvalue weighted by Crippen LogP contribution is 2.12. The Hall–Kier alpha value is -1.55. The second-order valence-corrected chi connectivity index (χ2v) is 3.68. The molecule has 0 unspecified atom stereocenters. The summed E-state index contributed by atoms with van der Waals surface area (Å²) in [5.41, 5.74) is 6.56. The molecule has 0 saturated carbocycles. The molecule has 0 saturated heterocycles. The van der Waals surface area contributed by atoms with Crippen LogP contribution in [0.25, 0.3) is 0 Å². The van der Waals surface area contributed by atoms with Crippen LogP contribution in [0, 0.1) is 0 Å². The zero-order valence-electron chi connectivity index (χ0n) is 9.69. The first kappa shape index (κ1) is 12.5. The summed E-state index contributed by atoms with van der Waals surface area (Å²) in [5.74, 6) is 0.707. The quantitative estimate of drug-likeness (QED) is 0.771. The Morgan fingerprint density at radius 2 is 2.31 bits per heavy atom. The molecule has 0 bridgehead atoms. The number of carbonyl (C=O) groups is 1. The van der Waals surface area contributed by atoms with Crippen LogP contribution < -0.4 is 15.8 Å². The van der Waals surface area contributed by atoms with Crippen molar-refractivity contribution in [1.29, 1.82) is 0 Å². The summed E-state index contributed by atoms with van der Waals surface area (Å²) in [5, 5.41) is 2.76. The summed E-state index contributed by atoms with van der Waals surface area (Å²) in [6, 6.07) is 7.33. The van der Waals surface area contributed by atoms with Gasteiger partial charge >= 0.3 is 0 Å². The zero-order chi connectivity index (χ0) is 12.0. The standard InChI is InChI=1S/C12H18N2O2/c1-9(13)12(15)14-7-6-10-4-3-5-11(8-10)16-2/h3-5,8-9H,6-7,13H2,1-2H3,(H,14,15)/t9-/m1/s1. The molecule has 88 valence electrons. The van der Waals surface area contributed by atoms with Crippen molar-refractivity contribution >= 4 is 5.91 Å². The molecule has 3 N–H and O–H groups in total. The van der Waals surface area contributed by atoms with E-state index in [2.05, 4.69) is 5.32 Å². The average Bonchev–Trinajstić information content (AvgIpc) is 2.29. The zero-order valence-corrected chi connectivity index (χ0v) is 9.69. The van der Waals surface area contributed by atoms with E-state index in [-0.39, 0.29) is 5.91 Å². The lowest BCUT2D eigenvalue weighted by atomic mass is 10.1. The van der Waals surface area contributed by atoms with Crippen molar-refractivity contribution in [3.63, 3.8) is 0 Å². The van der Waals surface area contributed by atoms with E-state index in [4.69, 9.17) is 10.5 Å². The van der Waals surface area contributed by atoms with Gasteiger partial charge < -0.3 is 15.8 Å². The SMILES string of the molecule is COc1cccc(CCNC(=O)[C@@H](C)N)c1. The van der Waals surface area contributed by atoms with Gasteiger partial charge in [0.25, 0.3) is 0 Å². The number of benzene rings is 1. The van der Waals surface area contributed by atoms with E-state index in [9.17, 15) is 4.79 Å². The van der Waals surface area contributed by atoms with Gasteiger partial charge in [-0.3, -0.25) is 4.79 Å². The van der Waals surface area contributed by atoms with Gasteiger partial charge in [0.05, 0.1) is 13.2 Å². The third-order valence-electron chi connectivity index (χ3n) is 2.26. The van der Waals surface area contributed by atoms with E-state index in [0.29, 0.717) is 6.54 Å². The second kappa shape index (κ2) is 6.12. The highest BCUT2D eigenvalue weighted by atomic mass is 16.5. The predicted molar refractivity (Wildman–Crippen MR) is 63.4 cm³/mol. The van der Waals surface area contributed by atoms with Gasteiger partial charge in [-0.2, -0.15) is 0 Å². The third kappa shape index (κ3) is 3.90. The molecule has 4 nitrogen and oxygen atoms in total. The van der Waals surface area contributed by atoms with Crippen LogP contribution in [0.3, 0.4) is 0 Å². The fourth-order valence-corrected chi connectivity index (χ4v) is 1.32. The summed E-state index contributed by atoms with van der Waals surface area (Å²) >= 11 is 0. The highest BCUT2D eigenvalue weighted by molar-refractivity contribution is 5.80. The topological polar surface area (TPSA) is 64.3 Å². The minimum Gasteiger partial charge on any atom is -0.497 e. The van der Waals surface area contributed by atoms with Crippen LogP contribution in [-0.2, 0) is 11.2 Å². The van der Waals surface area contributed by atoms with Crippen LogP contribution in [0.15, 0.2) is 24.3 Å². The van der Waals surface area contributed by atoms with Gasteiger partial charge in [-0.1, -0.05) is 12.1 Å². The lowest BCUT2D eigenvalue weighted by molar-refractivity contribution is -0.121. The molecule has 16 heavy (non-hydrogen) atoms. The fourth-order valence-electron chi connectivity index (χ4n) is 1.32. The molecule has 0 radical (unpaired) electrons. The number of methoxy groups -OCH3 is 1. The van der Waals surface area contributed by atoms with Crippen molar-refractivity contribution in [1.82, 2.24) is 5.32 Å².